The average Bonchev–Trinajstić information content (AvgIpc) is 3.40. The van der Waals surface area contributed by atoms with E-state index in [-0.39, 0.29) is 11.5 Å². The van der Waals surface area contributed by atoms with Crippen LogP contribution in [0.5, 0.6) is 17.2 Å². The van der Waals surface area contributed by atoms with Crippen molar-refractivity contribution >= 4 is 33.9 Å². The summed E-state index contributed by atoms with van der Waals surface area (Å²) in [7, 11) is 4.45. The first-order valence-corrected chi connectivity index (χ1v) is 10.4. The molecule has 4 N–H and O–H groups in total. The van der Waals surface area contributed by atoms with E-state index in [2.05, 4.69) is 15.3 Å². The summed E-state index contributed by atoms with van der Waals surface area (Å²) in [5.41, 5.74) is 8.79. The van der Waals surface area contributed by atoms with Crippen LogP contribution in [0.25, 0.3) is 16.2 Å². The molecule has 32 heavy (non-hydrogen) atoms. The topological polar surface area (TPSA) is 115 Å². The van der Waals surface area contributed by atoms with E-state index in [1.807, 2.05) is 40.4 Å². The van der Waals surface area contributed by atoms with Gasteiger partial charge in [-0.25, -0.2) is 9.98 Å². The average molecular weight is 453 g/mol. The van der Waals surface area contributed by atoms with E-state index < -0.39 is 5.91 Å². The Hall–Kier alpha value is -4.05. The summed E-state index contributed by atoms with van der Waals surface area (Å²) in [5.74, 6) is 0.630. The van der Waals surface area contributed by atoms with Crippen LogP contribution in [0.4, 0.5) is 5.69 Å². The molecule has 2 aromatic carbocycles. The van der Waals surface area contributed by atoms with Crippen LogP contribution < -0.4 is 29.7 Å². The van der Waals surface area contributed by atoms with Crippen molar-refractivity contribution in [1.29, 1.82) is 0 Å². The molecule has 0 aliphatic heterocycles. The second-order valence-electron chi connectivity index (χ2n) is 6.70. The molecule has 0 saturated carbocycles. The summed E-state index contributed by atoms with van der Waals surface area (Å²) in [6.07, 6.45) is 3.99. The number of aromatic amines is 1. The number of nitrogens with one attached hydrogen (secondary N) is 2. The summed E-state index contributed by atoms with van der Waals surface area (Å²) >= 11 is 1.62. The summed E-state index contributed by atoms with van der Waals surface area (Å²) in [6, 6.07) is 10.6. The molecule has 0 radical (unpaired) electrons. The van der Waals surface area contributed by atoms with Gasteiger partial charge in [-0.3, -0.25) is 10.1 Å². The van der Waals surface area contributed by atoms with Crippen molar-refractivity contribution in [3.63, 3.8) is 0 Å². The van der Waals surface area contributed by atoms with E-state index in [1.54, 1.807) is 29.5 Å². The van der Waals surface area contributed by atoms with Gasteiger partial charge in [0.2, 0.25) is 11.7 Å². The zero-order chi connectivity index (χ0) is 22.7. The normalized spacial score (nSPS) is 11.4. The molecular weight excluding hydrogens is 430 g/mol. The van der Waals surface area contributed by atoms with Crippen LogP contribution in [0, 0.1) is 0 Å². The van der Waals surface area contributed by atoms with Crippen molar-refractivity contribution in [2.75, 3.05) is 21.3 Å². The number of guanidine groups is 1. The molecule has 10 heteroatoms. The Morgan fingerprint density at radius 1 is 1.12 bits per heavy atom. The molecule has 0 fully saturated rings. The van der Waals surface area contributed by atoms with Gasteiger partial charge in [-0.05, 0) is 24.3 Å². The number of carbonyl (C=O) groups is 1. The molecule has 164 valence electrons. The van der Waals surface area contributed by atoms with Crippen LogP contribution in [0.3, 0.4) is 0 Å². The quantitative estimate of drug-likeness (QED) is 0.236. The first-order valence-electron chi connectivity index (χ1n) is 9.56. The number of hydrogen-bond acceptors (Lipinski definition) is 6. The number of rotatable bonds is 6. The number of imidazole rings is 1. The SMILES string of the molecule is COc1cc(C(=O)NC(N)=Nc2cccc(-c3c[n+]4ccsc4[nH]3)c2)cc(OC)c1OC. The number of fused-ring (bicyclic) bond motifs is 1. The summed E-state index contributed by atoms with van der Waals surface area (Å²) in [4.78, 5) is 21.4. The van der Waals surface area contributed by atoms with Gasteiger partial charge in [-0.2, -0.15) is 4.40 Å². The molecule has 4 aromatic rings. The minimum Gasteiger partial charge on any atom is -0.493 e. The lowest BCUT2D eigenvalue weighted by molar-refractivity contribution is -0.505. The Bertz CT molecular complexity index is 1260. The first-order chi connectivity index (χ1) is 15.5. The molecule has 4 rings (SSSR count). The number of ether oxygens (including phenoxy) is 3. The van der Waals surface area contributed by atoms with Crippen molar-refractivity contribution < 1.29 is 23.4 Å². The number of thiazole rings is 1. The van der Waals surface area contributed by atoms with Gasteiger partial charge in [0.1, 0.15) is 12.4 Å². The largest absolute Gasteiger partial charge is 0.493 e. The summed E-state index contributed by atoms with van der Waals surface area (Å²) < 4.78 is 17.9. The fourth-order valence-electron chi connectivity index (χ4n) is 3.23. The monoisotopic (exact) mass is 452 g/mol. The summed E-state index contributed by atoms with van der Waals surface area (Å²) in [5, 5.41) is 4.60. The van der Waals surface area contributed by atoms with E-state index in [9.17, 15) is 4.79 Å². The number of methoxy groups -OCH3 is 3. The van der Waals surface area contributed by atoms with Crippen LogP contribution >= 0.6 is 11.3 Å². The van der Waals surface area contributed by atoms with Gasteiger partial charge in [0.25, 0.3) is 5.91 Å². The number of nitrogens with zero attached hydrogens (tertiary/aromatic N) is 2. The number of aromatic nitrogens is 2. The van der Waals surface area contributed by atoms with E-state index in [0.717, 1.165) is 16.2 Å². The van der Waals surface area contributed by atoms with Gasteiger partial charge in [-0.15, -0.1) is 0 Å². The highest BCUT2D eigenvalue weighted by atomic mass is 32.1. The van der Waals surface area contributed by atoms with Crippen molar-refractivity contribution in [3.05, 3.63) is 59.7 Å². The second-order valence-corrected chi connectivity index (χ2v) is 7.59. The van der Waals surface area contributed by atoms with Gasteiger partial charge >= 0.3 is 4.96 Å². The van der Waals surface area contributed by atoms with Gasteiger partial charge in [0, 0.05) is 16.5 Å². The molecule has 1 amide bonds. The van der Waals surface area contributed by atoms with Crippen LogP contribution in [0.15, 0.2) is 59.2 Å². The third kappa shape index (κ3) is 4.21. The Balaban J connectivity index is 1.55. The number of H-pyrrole nitrogens is 1. The number of benzene rings is 2. The molecule has 9 nitrogen and oxygen atoms in total. The molecule has 2 heterocycles. The van der Waals surface area contributed by atoms with Gasteiger partial charge < -0.3 is 19.9 Å². The predicted molar refractivity (Wildman–Crippen MR) is 122 cm³/mol. The van der Waals surface area contributed by atoms with Crippen molar-refractivity contribution in [1.82, 2.24) is 10.3 Å². The number of aliphatic imine (C=N–C) groups is 1. The smallest absolute Gasteiger partial charge is 0.343 e. The van der Waals surface area contributed by atoms with Gasteiger partial charge in [0.15, 0.2) is 17.2 Å². The fraction of sp³-hybridized carbons (Fsp3) is 0.136. The summed E-state index contributed by atoms with van der Waals surface area (Å²) in [6.45, 7) is 0. The highest BCUT2D eigenvalue weighted by Gasteiger charge is 2.18. The maximum absolute atomic E-state index is 12.7. The maximum atomic E-state index is 12.7. The lowest BCUT2D eigenvalue weighted by atomic mass is 10.1. The lowest BCUT2D eigenvalue weighted by Gasteiger charge is -2.14. The molecule has 0 unspecified atom stereocenters. The Kier molecular flexibility index (Phi) is 5.95. The van der Waals surface area contributed by atoms with Crippen LogP contribution in [0.2, 0.25) is 0 Å². The maximum Gasteiger partial charge on any atom is 0.343 e. The minimum atomic E-state index is -0.456. The van der Waals surface area contributed by atoms with E-state index in [0.29, 0.717) is 22.9 Å². The molecule has 0 saturated heterocycles. The second kappa shape index (κ2) is 8.98. The molecule has 0 spiro atoms. The standard InChI is InChI=1S/C22H21N5O4S/c1-29-17-10-14(11-18(30-2)19(17)31-3)20(28)26-21(23)24-15-6-4-5-13(9-15)16-12-27-7-8-32-22(27)25-16/h4-12H,1-3H3,(H3,23,24,26,28)/p+1. The number of amides is 1. The molecule has 0 bridgehead atoms. The van der Waals surface area contributed by atoms with Crippen LogP contribution in [-0.4, -0.2) is 38.2 Å². The number of nitrogens with two attached hydrogens (primary N) is 1. The van der Waals surface area contributed by atoms with E-state index in [1.165, 1.54) is 21.3 Å². The first kappa shape index (κ1) is 21.2. The molecule has 0 aliphatic rings. The Morgan fingerprint density at radius 3 is 2.53 bits per heavy atom. The van der Waals surface area contributed by atoms with Gasteiger partial charge in [0.05, 0.1) is 27.0 Å². The predicted octanol–water partition coefficient (Wildman–Crippen LogP) is 2.88. The van der Waals surface area contributed by atoms with E-state index in [4.69, 9.17) is 19.9 Å². The third-order valence-corrected chi connectivity index (χ3v) is 5.51. The van der Waals surface area contributed by atoms with Crippen LogP contribution in [-0.2, 0) is 0 Å². The van der Waals surface area contributed by atoms with E-state index >= 15 is 0 Å². The molecular formula is C22H22N5O4S+. The Morgan fingerprint density at radius 2 is 1.88 bits per heavy atom. The highest BCUT2D eigenvalue weighted by Crippen LogP contribution is 2.38. The van der Waals surface area contributed by atoms with Crippen molar-refractivity contribution in [2.45, 2.75) is 0 Å². The fourth-order valence-corrected chi connectivity index (χ4v) is 3.95. The lowest BCUT2D eigenvalue weighted by Crippen LogP contribution is -2.36. The van der Waals surface area contributed by atoms with Crippen LogP contribution in [0.1, 0.15) is 10.4 Å². The van der Waals surface area contributed by atoms with Gasteiger partial charge in [-0.1, -0.05) is 23.5 Å². The molecule has 0 atom stereocenters. The minimum absolute atomic E-state index is 0.0391. The third-order valence-electron chi connectivity index (χ3n) is 4.72. The van der Waals surface area contributed by atoms with Crippen molar-refractivity contribution in [3.8, 4) is 28.5 Å². The zero-order valence-corrected chi connectivity index (χ0v) is 18.5. The molecule has 2 aromatic heterocycles. The number of carbonyl (C=O) groups excluding carboxylic acids is 1. The Labute approximate surface area is 188 Å². The number of hydrogen-bond donors (Lipinski definition) is 3. The highest BCUT2D eigenvalue weighted by molar-refractivity contribution is 7.14. The zero-order valence-electron chi connectivity index (χ0n) is 17.7. The molecule has 0 aliphatic carbocycles. The van der Waals surface area contributed by atoms with Crippen molar-refractivity contribution in [2.24, 2.45) is 10.7 Å².